The van der Waals surface area contributed by atoms with Gasteiger partial charge in [-0.1, -0.05) is 0 Å². The zero-order valence-corrected chi connectivity index (χ0v) is 10.0. The lowest BCUT2D eigenvalue weighted by molar-refractivity contribution is 0.0659. The first kappa shape index (κ1) is 13.7. The summed E-state index contributed by atoms with van der Waals surface area (Å²) >= 11 is 0. The summed E-state index contributed by atoms with van der Waals surface area (Å²) < 4.78 is 31.0. The molecule has 0 radical (unpaired) electrons. The van der Waals surface area contributed by atoms with E-state index in [-0.39, 0.29) is 23.6 Å². The lowest BCUT2D eigenvalue weighted by Gasteiger charge is -2.04. The average molecular weight is 281 g/mol. The van der Waals surface area contributed by atoms with Gasteiger partial charge in [-0.3, -0.25) is 4.79 Å². The van der Waals surface area contributed by atoms with Gasteiger partial charge in [0.25, 0.3) is 5.91 Å². The van der Waals surface area contributed by atoms with Crippen LogP contribution in [0.15, 0.2) is 34.7 Å². The first-order chi connectivity index (χ1) is 9.47. The molecular weight excluding hydrogens is 272 g/mol. The van der Waals surface area contributed by atoms with Crippen LogP contribution in [-0.2, 0) is 6.54 Å². The Balaban J connectivity index is 2.04. The molecule has 104 valence electrons. The molecule has 0 saturated carbocycles. The van der Waals surface area contributed by atoms with Crippen molar-refractivity contribution in [1.82, 2.24) is 5.32 Å². The number of halogens is 2. The smallest absolute Gasteiger partial charge is 0.371 e. The topological polar surface area (TPSA) is 79.5 Å². The molecule has 1 heterocycles. The Bertz CT molecular complexity index is 666. The molecule has 0 fully saturated rings. The number of rotatable bonds is 4. The van der Waals surface area contributed by atoms with Gasteiger partial charge >= 0.3 is 5.97 Å². The summed E-state index contributed by atoms with van der Waals surface area (Å²) in [6, 6.07) is 5.18. The predicted octanol–water partition coefficient (Wildman–Crippen LogP) is 2.19. The molecule has 7 heteroatoms. The second-order valence-electron chi connectivity index (χ2n) is 3.89. The molecule has 1 aromatic heterocycles. The maximum atomic E-state index is 13.3. The number of furan rings is 1. The number of hydrogen-bond donors (Lipinski definition) is 2. The lowest BCUT2D eigenvalue weighted by Crippen LogP contribution is -2.23. The fourth-order valence-electron chi connectivity index (χ4n) is 1.52. The standard InChI is InChI=1S/C13H9F2NO4/c14-8-1-2-9(15)7(5-8)6-16-12(17)10-3-4-11(20-10)13(18)19/h1-5H,6H2,(H,16,17)(H,18,19). The Morgan fingerprint density at radius 2 is 1.85 bits per heavy atom. The second kappa shape index (κ2) is 5.52. The van der Waals surface area contributed by atoms with Crippen LogP contribution in [-0.4, -0.2) is 17.0 Å². The molecule has 0 aliphatic heterocycles. The molecule has 0 aliphatic rings. The Kier molecular flexibility index (Phi) is 3.79. The van der Waals surface area contributed by atoms with Crippen molar-refractivity contribution >= 4 is 11.9 Å². The summed E-state index contributed by atoms with van der Waals surface area (Å²) in [4.78, 5) is 22.2. The number of hydrogen-bond acceptors (Lipinski definition) is 3. The number of nitrogens with one attached hydrogen (secondary N) is 1. The van der Waals surface area contributed by atoms with Gasteiger partial charge in [-0.25, -0.2) is 13.6 Å². The summed E-state index contributed by atoms with van der Waals surface area (Å²) in [6.07, 6.45) is 0. The molecule has 0 spiro atoms. The minimum absolute atomic E-state index is 0.0247. The molecule has 0 saturated heterocycles. The van der Waals surface area contributed by atoms with Crippen molar-refractivity contribution in [2.45, 2.75) is 6.54 Å². The van der Waals surface area contributed by atoms with Gasteiger partial charge in [0.2, 0.25) is 5.76 Å². The van der Waals surface area contributed by atoms with Crippen molar-refractivity contribution in [1.29, 1.82) is 0 Å². The van der Waals surface area contributed by atoms with Gasteiger partial charge in [0.05, 0.1) is 0 Å². The third-order valence-corrected chi connectivity index (χ3v) is 2.49. The number of aromatic carboxylic acids is 1. The van der Waals surface area contributed by atoms with Crippen LogP contribution < -0.4 is 5.32 Å². The zero-order valence-electron chi connectivity index (χ0n) is 10.0. The van der Waals surface area contributed by atoms with Gasteiger partial charge in [-0.2, -0.15) is 0 Å². The first-order valence-corrected chi connectivity index (χ1v) is 5.52. The van der Waals surface area contributed by atoms with Gasteiger partial charge in [-0.05, 0) is 30.3 Å². The van der Waals surface area contributed by atoms with Gasteiger partial charge in [0.1, 0.15) is 11.6 Å². The summed E-state index contributed by atoms with van der Waals surface area (Å²) in [6.45, 7) is -0.245. The second-order valence-corrected chi connectivity index (χ2v) is 3.89. The van der Waals surface area contributed by atoms with E-state index in [1.165, 1.54) is 6.07 Å². The van der Waals surface area contributed by atoms with Crippen LogP contribution in [0.5, 0.6) is 0 Å². The molecule has 1 aromatic carbocycles. The highest BCUT2D eigenvalue weighted by Crippen LogP contribution is 2.11. The predicted molar refractivity (Wildman–Crippen MR) is 63.2 cm³/mol. The number of benzene rings is 1. The lowest BCUT2D eigenvalue weighted by atomic mass is 10.2. The quantitative estimate of drug-likeness (QED) is 0.900. The molecule has 20 heavy (non-hydrogen) atoms. The van der Waals surface area contributed by atoms with E-state index >= 15 is 0 Å². The van der Waals surface area contributed by atoms with Crippen LogP contribution >= 0.6 is 0 Å². The minimum Gasteiger partial charge on any atom is -0.475 e. The molecule has 0 bridgehead atoms. The highest BCUT2D eigenvalue weighted by Gasteiger charge is 2.15. The van der Waals surface area contributed by atoms with Crippen molar-refractivity contribution in [2.24, 2.45) is 0 Å². The summed E-state index contributed by atoms with van der Waals surface area (Å²) in [5.41, 5.74) is -0.0247. The monoisotopic (exact) mass is 281 g/mol. The van der Waals surface area contributed by atoms with E-state index in [4.69, 9.17) is 9.52 Å². The summed E-state index contributed by atoms with van der Waals surface area (Å²) in [7, 11) is 0. The third kappa shape index (κ3) is 3.00. The van der Waals surface area contributed by atoms with Gasteiger partial charge < -0.3 is 14.8 Å². The van der Waals surface area contributed by atoms with Crippen molar-refractivity contribution < 1.29 is 27.9 Å². The van der Waals surface area contributed by atoms with Gasteiger partial charge in [0.15, 0.2) is 5.76 Å². The Labute approximate surface area is 111 Å². The van der Waals surface area contributed by atoms with E-state index in [2.05, 4.69) is 5.32 Å². The molecule has 1 amide bonds. The maximum absolute atomic E-state index is 13.3. The molecule has 2 N–H and O–H groups in total. The van der Waals surface area contributed by atoms with Crippen LogP contribution in [0.2, 0.25) is 0 Å². The number of carboxylic acids is 1. The number of carbonyl (C=O) groups excluding carboxylic acids is 1. The SMILES string of the molecule is O=C(O)c1ccc(C(=O)NCc2cc(F)ccc2F)o1. The van der Waals surface area contributed by atoms with Gasteiger partial charge in [0, 0.05) is 12.1 Å². The van der Waals surface area contributed by atoms with E-state index in [0.29, 0.717) is 0 Å². The van der Waals surface area contributed by atoms with E-state index < -0.39 is 23.5 Å². The fraction of sp³-hybridized carbons (Fsp3) is 0.0769. The third-order valence-electron chi connectivity index (χ3n) is 2.49. The van der Waals surface area contributed by atoms with Crippen molar-refractivity contribution in [3.63, 3.8) is 0 Å². The minimum atomic E-state index is -1.31. The van der Waals surface area contributed by atoms with Crippen LogP contribution in [0.3, 0.4) is 0 Å². The normalized spacial score (nSPS) is 10.3. The van der Waals surface area contributed by atoms with Crippen molar-refractivity contribution in [3.05, 3.63) is 59.1 Å². The Hall–Kier alpha value is -2.70. The molecule has 2 aromatic rings. The van der Waals surface area contributed by atoms with Crippen LogP contribution in [0.1, 0.15) is 26.7 Å². The zero-order chi connectivity index (χ0) is 14.7. The number of carbonyl (C=O) groups is 2. The average Bonchev–Trinajstić information content (AvgIpc) is 2.89. The highest BCUT2D eigenvalue weighted by molar-refractivity contribution is 5.93. The van der Waals surface area contributed by atoms with Crippen LogP contribution in [0, 0.1) is 11.6 Å². The van der Waals surface area contributed by atoms with Gasteiger partial charge in [-0.15, -0.1) is 0 Å². The van der Waals surface area contributed by atoms with E-state index in [0.717, 1.165) is 24.3 Å². The van der Waals surface area contributed by atoms with Crippen molar-refractivity contribution in [3.8, 4) is 0 Å². The Morgan fingerprint density at radius 3 is 2.50 bits per heavy atom. The largest absolute Gasteiger partial charge is 0.475 e. The van der Waals surface area contributed by atoms with Crippen LogP contribution in [0.25, 0.3) is 0 Å². The number of amides is 1. The first-order valence-electron chi connectivity index (χ1n) is 5.52. The maximum Gasteiger partial charge on any atom is 0.371 e. The molecule has 0 atom stereocenters. The molecule has 0 aliphatic carbocycles. The molecule has 0 unspecified atom stereocenters. The Morgan fingerprint density at radius 1 is 1.15 bits per heavy atom. The van der Waals surface area contributed by atoms with Crippen molar-refractivity contribution in [2.75, 3.05) is 0 Å². The van der Waals surface area contributed by atoms with E-state index in [1.54, 1.807) is 0 Å². The summed E-state index contributed by atoms with van der Waals surface area (Å²) in [5.74, 6) is -3.91. The molecule has 5 nitrogen and oxygen atoms in total. The highest BCUT2D eigenvalue weighted by atomic mass is 19.1. The molecular formula is C13H9F2NO4. The van der Waals surface area contributed by atoms with E-state index in [9.17, 15) is 18.4 Å². The summed E-state index contributed by atoms with van der Waals surface area (Å²) in [5, 5.41) is 10.9. The molecule has 2 rings (SSSR count). The van der Waals surface area contributed by atoms with Crippen LogP contribution in [0.4, 0.5) is 8.78 Å². The number of carboxylic acid groups (broad SMARTS) is 1. The fourth-order valence-corrected chi connectivity index (χ4v) is 1.52. The van der Waals surface area contributed by atoms with E-state index in [1.807, 2.05) is 0 Å².